The molecule has 4 heteroatoms. The summed E-state index contributed by atoms with van der Waals surface area (Å²) < 4.78 is 10.2. The van der Waals surface area contributed by atoms with Crippen LogP contribution in [0.15, 0.2) is 48.5 Å². The van der Waals surface area contributed by atoms with Crippen LogP contribution < -0.4 is 4.74 Å². The number of ether oxygens (including phenoxy) is 2. The second kappa shape index (κ2) is 7.33. The van der Waals surface area contributed by atoms with E-state index >= 15 is 0 Å². The maximum Gasteiger partial charge on any atom is 0.306 e. The molecule has 0 saturated heterocycles. The van der Waals surface area contributed by atoms with Crippen molar-refractivity contribution in [3.63, 3.8) is 0 Å². The molecule has 0 aliphatic heterocycles. The highest BCUT2D eigenvalue weighted by atomic mass is 16.5. The number of phenolic OH excluding ortho intramolecular Hbond substituents is 1. The topological polar surface area (TPSA) is 55.8 Å². The molecular formula is C17H18O4. The summed E-state index contributed by atoms with van der Waals surface area (Å²) in [6, 6.07) is 14.7. The summed E-state index contributed by atoms with van der Waals surface area (Å²) in [6.07, 6.45) is 0.795. The van der Waals surface area contributed by atoms with Crippen LogP contribution in [0.3, 0.4) is 0 Å². The van der Waals surface area contributed by atoms with Gasteiger partial charge in [0.15, 0.2) is 11.5 Å². The van der Waals surface area contributed by atoms with Crippen LogP contribution in [-0.2, 0) is 22.6 Å². The summed E-state index contributed by atoms with van der Waals surface area (Å²) in [6.45, 7) is 0.285. The van der Waals surface area contributed by atoms with Gasteiger partial charge in [0.1, 0.15) is 6.61 Å². The lowest BCUT2D eigenvalue weighted by molar-refractivity contribution is -0.144. The molecule has 0 unspecified atom stereocenters. The minimum atomic E-state index is -0.255. The van der Waals surface area contributed by atoms with Crippen molar-refractivity contribution in [1.82, 2.24) is 0 Å². The number of aryl methyl sites for hydroxylation is 1. The van der Waals surface area contributed by atoms with Crippen LogP contribution in [0.1, 0.15) is 17.5 Å². The lowest BCUT2D eigenvalue weighted by atomic mass is 10.1. The van der Waals surface area contributed by atoms with Gasteiger partial charge >= 0.3 is 5.97 Å². The zero-order valence-electron chi connectivity index (χ0n) is 11.9. The van der Waals surface area contributed by atoms with Crippen molar-refractivity contribution in [2.75, 3.05) is 7.11 Å². The van der Waals surface area contributed by atoms with E-state index in [1.54, 1.807) is 12.1 Å². The summed E-state index contributed by atoms with van der Waals surface area (Å²) in [5, 5.41) is 9.67. The Morgan fingerprint density at radius 3 is 2.52 bits per heavy atom. The van der Waals surface area contributed by atoms with Crippen LogP contribution in [-0.4, -0.2) is 18.2 Å². The fourth-order valence-electron chi connectivity index (χ4n) is 1.95. The van der Waals surface area contributed by atoms with E-state index < -0.39 is 0 Å². The summed E-state index contributed by atoms with van der Waals surface area (Å²) in [7, 11) is 1.50. The summed E-state index contributed by atoms with van der Waals surface area (Å²) in [5.74, 6) is 0.243. The molecule has 0 aliphatic carbocycles. The zero-order valence-corrected chi connectivity index (χ0v) is 11.9. The largest absolute Gasteiger partial charge is 0.504 e. The molecule has 110 valence electrons. The summed E-state index contributed by atoms with van der Waals surface area (Å²) >= 11 is 0. The van der Waals surface area contributed by atoms with E-state index in [9.17, 15) is 9.90 Å². The number of hydrogen-bond acceptors (Lipinski definition) is 4. The second-order valence-corrected chi connectivity index (χ2v) is 4.65. The average Bonchev–Trinajstić information content (AvgIpc) is 2.52. The van der Waals surface area contributed by atoms with E-state index in [4.69, 9.17) is 9.47 Å². The fraction of sp³-hybridized carbons (Fsp3) is 0.235. The lowest BCUT2D eigenvalue weighted by Crippen LogP contribution is -2.05. The zero-order chi connectivity index (χ0) is 15.1. The maximum atomic E-state index is 11.7. The highest BCUT2D eigenvalue weighted by molar-refractivity contribution is 5.69. The lowest BCUT2D eigenvalue weighted by Gasteiger charge is -2.07. The Hall–Kier alpha value is -2.49. The van der Waals surface area contributed by atoms with Gasteiger partial charge in [-0.2, -0.15) is 0 Å². The molecule has 0 radical (unpaired) electrons. The van der Waals surface area contributed by atoms with E-state index in [0.717, 1.165) is 11.1 Å². The van der Waals surface area contributed by atoms with Gasteiger partial charge in [0, 0.05) is 6.42 Å². The molecule has 0 spiro atoms. The van der Waals surface area contributed by atoms with Crippen molar-refractivity contribution >= 4 is 5.97 Å². The standard InChI is InChI=1S/C17H18O4/c1-20-16-9-7-13(11-15(16)18)8-10-17(19)21-12-14-5-3-2-4-6-14/h2-7,9,11,18H,8,10,12H2,1H3. The van der Waals surface area contributed by atoms with E-state index in [-0.39, 0.29) is 24.7 Å². The second-order valence-electron chi connectivity index (χ2n) is 4.65. The number of methoxy groups -OCH3 is 1. The molecule has 21 heavy (non-hydrogen) atoms. The third kappa shape index (κ3) is 4.53. The van der Waals surface area contributed by atoms with E-state index in [1.165, 1.54) is 7.11 Å². The molecule has 0 fully saturated rings. The first kappa shape index (κ1) is 14.9. The predicted molar refractivity (Wildman–Crippen MR) is 79.2 cm³/mol. The number of rotatable bonds is 6. The van der Waals surface area contributed by atoms with Crippen molar-refractivity contribution in [1.29, 1.82) is 0 Å². The predicted octanol–water partition coefficient (Wildman–Crippen LogP) is 3.08. The molecule has 1 N–H and O–H groups in total. The first-order valence-electron chi connectivity index (χ1n) is 6.74. The highest BCUT2D eigenvalue weighted by Gasteiger charge is 2.07. The Balaban J connectivity index is 1.80. The average molecular weight is 286 g/mol. The Kier molecular flexibility index (Phi) is 5.21. The molecule has 2 aromatic carbocycles. The quantitative estimate of drug-likeness (QED) is 0.829. The van der Waals surface area contributed by atoms with Crippen molar-refractivity contribution < 1.29 is 19.4 Å². The Bertz CT molecular complexity index is 593. The number of carbonyl (C=O) groups excluding carboxylic acids is 1. The van der Waals surface area contributed by atoms with Crippen LogP contribution in [0, 0.1) is 0 Å². The van der Waals surface area contributed by atoms with Gasteiger partial charge in [-0.05, 0) is 29.7 Å². The van der Waals surface area contributed by atoms with Gasteiger partial charge in [-0.1, -0.05) is 36.4 Å². The molecule has 0 heterocycles. The molecule has 0 saturated carbocycles. The van der Waals surface area contributed by atoms with Crippen molar-refractivity contribution in [3.05, 3.63) is 59.7 Å². The minimum absolute atomic E-state index is 0.0765. The number of aromatic hydroxyl groups is 1. The van der Waals surface area contributed by atoms with E-state index in [1.807, 2.05) is 36.4 Å². The van der Waals surface area contributed by atoms with Gasteiger partial charge in [0.25, 0.3) is 0 Å². The first-order chi connectivity index (χ1) is 10.2. The number of carbonyl (C=O) groups is 1. The van der Waals surface area contributed by atoms with Crippen molar-refractivity contribution in [2.24, 2.45) is 0 Å². The molecule has 0 aliphatic rings. The van der Waals surface area contributed by atoms with Gasteiger partial charge in [0.2, 0.25) is 0 Å². The first-order valence-corrected chi connectivity index (χ1v) is 6.74. The van der Waals surface area contributed by atoms with Crippen LogP contribution in [0.4, 0.5) is 0 Å². The molecule has 0 bridgehead atoms. The van der Waals surface area contributed by atoms with Gasteiger partial charge in [-0.25, -0.2) is 0 Å². The molecule has 2 aromatic rings. The third-order valence-electron chi connectivity index (χ3n) is 3.10. The highest BCUT2D eigenvalue weighted by Crippen LogP contribution is 2.26. The monoisotopic (exact) mass is 286 g/mol. The number of esters is 1. The Morgan fingerprint density at radius 1 is 1.10 bits per heavy atom. The molecule has 0 amide bonds. The van der Waals surface area contributed by atoms with Crippen LogP contribution in [0.5, 0.6) is 11.5 Å². The third-order valence-corrected chi connectivity index (χ3v) is 3.10. The number of phenols is 1. The van der Waals surface area contributed by atoms with E-state index in [0.29, 0.717) is 12.2 Å². The van der Waals surface area contributed by atoms with E-state index in [2.05, 4.69) is 0 Å². The van der Waals surface area contributed by atoms with Crippen molar-refractivity contribution in [2.45, 2.75) is 19.4 Å². The Labute approximate surface area is 123 Å². The van der Waals surface area contributed by atoms with Crippen LogP contribution >= 0.6 is 0 Å². The number of hydrogen-bond donors (Lipinski definition) is 1. The molecule has 0 atom stereocenters. The normalized spacial score (nSPS) is 10.1. The van der Waals surface area contributed by atoms with Crippen LogP contribution in [0.25, 0.3) is 0 Å². The smallest absolute Gasteiger partial charge is 0.306 e. The van der Waals surface area contributed by atoms with Crippen LogP contribution in [0.2, 0.25) is 0 Å². The van der Waals surface area contributed by atoms with Gasteiger partial charge in [0.05, 0.1) is 7.11 Å². The summed E-state index contributed by atoms with van der Waals surface area (Å²) in [5.41, 5.74) is 1.83. The SMILES string of the molecule is COc1ccc(CCC(=O)OCc2ccccc2)cc1O. The minimum Gasteiger partial charge on any atom is -0.504 e. The molecule has 0 aromatic heterocycles. The van der Waals surface area contributed by atoms with Gasteiger partial charge in [-0.3, -0.25) is 4.79 Å². The molecular weight excluding hydrogens is 268 g/mol. The molecule has 2 rings (SSSR count). The summed E-state index contributed by atoms with van der Waals surface area (Å²) in [4.78, 5) is 11.7. The maximum absolute atomic E-state index is 11.7. The Morgan fingerprint density at radius 2 is 1.86 bits per heavy atom. The fourth-order valence-corrected chi connectivity index (χ4v) is 1.95. The van der Waals surface area contributed by atoms with Gasteiger partial charge in [-0.15, -0.1) is 0 Å². The van der Waals surface area contributed by atoms with Crippen molar-refractivity contribution in [3.8, 4) is 11.5 Å². The molecule has 4 nitrogen and oxygen atoms in total. The van der Waals surface area contributed by atoms with Gasteiger partial charge < -0.3 is 14.6 Å². The number of benzene rings is 2.